The van der Waals surface area contributed by atoms with Crippen LogP contribution in [-0.4, -0.2) is 29.1 Å². The molecule has 2 aliphatic rings. The smallest absolute Gasteiger partial charge is 0.164 e. The first-order chi connectivity index (χ1) is 36.3. The first-order valence-electron chi connectivity index (χ1n) is 25.6. The van der Waals surface area contributed by atoms with Crippen LogP contribution in [0.1, 0.15) is 49.9 Å². The van der Waals surface area contributed by atoms with Crippen LogP contribution >= 0.6 is 0 Å². The van der Waals surface area contributed by atoms with Gasteiger partial charge in [0, 0.05) is 72.6 Å². The molecule has 15 rings (SSSR count). The van der Waals surface area contributed by atoms with Crippen LogP contribution < -0.4 is 0 Å². The molecule has 13 aromatic rings. The summed E-state index contributed by atoms with van der Waals surface area (Å²) >= 11 is 0. The first-order valence-corrected chi connectivity index (χ1v) is 25.6. The molecular weight excluding hydrogens is 901 g/mol. The summed E-state index contributed by atoms with van der Waals surface area (Å²) in [5, 5.41) is 5.00. The largest absolute Gasteiger partial charge is 0.309 e. The van der Waals surface area contributed by atoms with Gasteiger partial charge >= 0.3 is 0 Å². The maximum absolute atomic E-state index is 5.27. The van der Waals surface area contributed by atoms with Gasteiger partial charge in [0.1, 0.15) is 0 Å². The van der Waals surface area contributed by atoms with Crippen molar-refractivity contribution in [2.24, 2.45) is 0 Å². The minimum absolute atomic E-state index is 0.211. The summed E-state index contributed by atoms with van der Waals surface area (Å²) in [6, 6.07) is 74.4. The van der Waals surface area contributed by atoms with E-state index in [2.05, 4.69) is 213 Å². The lowest BCUT2D eigenvalue weighted by Gasteiger charge is -2.23. The minimum Gasteiger partial charge on any atom is -0.309 e. The van der Waals surface area contributed by atoms with E-state index in [0.29, 0.717) is 17.5 Å². The fourth-order valence-electron chi connectivity index (χ4n) is 13.0. The zero-order chi connectivity index (χ0) is 49.5. The Labute approximate surface area is 429 Å². The van der Waals surface area contributed by atoms with Crippen molar-refractivity contribution in [2.75, 3.05) is 0 Å². The topological polar surface area (TPSA) is 61.4 Å². The third kappa shape index (κ3) is 5.93. The van der Waals surface area contributed by atoms with E-state index in [1.807, 2.05) is 42.6 Å². The normalized spacial score (nSPS) is 13.9. The highest BCUT2D eigenvalue weighted by Crippen LogP contribution is 2.55. The highest BCUT2D eigenvalue weighted by Gasteiger charge is 2.40. The van der Waals surface area contributed by atoms with Crippen LogP contribution in [0.15, 0.2) is 219 Å². The summed E-state index contributed by atoms with van der Waals surface area (Å²) in [6.45, 7) is 9.53. The summed E-state index contributed by atoms with van der Waals surface area (Å²) in [5.74, 6) is 1.82. The van der Waals surface area contributed by atoms with E-state index >= 15 is 0 Å². The number of benzene rings is 9. The third-order valence-corrected chi connectivity index (χ3v) is 16.2. The second kappa shape index (κ2) is 15.6. The van der Waals surface area contributed by atoms with Crippen LogP contribution in [0.2, 0.25) is 0 Å². The standard InChI is InChI=1S/C68H48N6/c1-67(2)52-27-15-11-23-44(52)46-32-35-58-60(62(46)67)48-25-13-17-29-54(48)73(58)56-34-31-43(66-71-64(41-19-7-5-8-20-41)70-65(72-66)42-21-9-6-10-22-42)39-50(56)51-40-69-38-37-57(51)74-55-30-18-14-26-49(55)61-59(74)36-33-47-45-24-12-16-28-53(45)68(3,4)63(47)61/h5-40H,1-4H3. The molecule has 0 radical (unpaired) electrons. The van der Waals surface area contributed by atoms with E-state index in [1.54, 1.807) is 0 Å². The number of para-hydroxylation sites is 2. The third-order valence-electron chi connectivity index (χ3n) is 16.2. The number of nitrogens with zero attached hydrogens (tertiary/aromatic N) is 6. The summed E-state index contributed by atoms with van der Waals surface area (Å²) in [4.78, 5) is 20.6. The van der Waals surface area contributed by atoms with Gasteiger partial charge in [-0.15, -0.1) is 0 Å². The van der Waals surface area contributed by atoms with Crippen LogP contribution in [0.25, 0.3) is 123 Å². The zero-order valence-electron chi connectivity index (χ0n) is 41.5. The monoisotopic (exact) mass is 948 g/mol. The van der Waals surface area contributed by atoms with Crippen LogP contribution in [0.3, 0.4) is 0 Å². The van der Waals surface area contributed by atoms with Gasteiger partial charge in [-0.1, -0.05) is 185 Å². The quantitative estimate of drug-likeness (QED) is 0.167. The van der Waals surface area contributed by atoms with Gasteiger partial charge in [-0.25, -0.2) is 15.0 Å². The van der Waals surface area contributed by atoms with Gasteiger partial charge in [0.25, 0.3) is 0 Å². The predicted molar refractivity (Wildman–Crippen MR) is 303 cm³/mol. The molecule has 350 valence electrons. The van der Waals surface area contributed by atoms with Gasteiger partial charge in [-0.2, -0.15) is 0 Å². The summed E-state index contributed by atoms with van der Waals surface area (Å²) < 4.78 is 4.95. The average molecular weight is 949 g/mol. The van der Waals surface area contributed by atoms with Crippen LogP contribution in [-0.2, 0) is 10.8 Å². The highest BCUT2D eigenvalue weighted by atomic mass is 15.0. The Bertz CT molecular complexity index is 4420. The highest BCUT2D eigenvalue weighted by molar-refractivity contribution is 6.16. The Morgan fingerprint density at radius 2 is 0.784 bits per heavy atom. The van der Waals surface area contributed by atoms with Crippen LogP contribution in [0, 0.1) is 0 Å². The van der Waals surface area contributed by atoms with E-state index in [-0.39, 0.29) is 10.8 Å². The van der Waals surface area contributed by atoms with Gasteiger partial charge in [-0.3, -0.25) is 4.98 Å². The van der Waals surface area contributed by atoms with E-state index in [0.717, 1.165) is 61.3 Å². The van der Waals surface area contributed by atoms with Crippen LogP contribution in [0.4, 0.5) is 0 Å². The van der Waals surface area contributed by atoms with E-state index < -0.39 is 0 Å². The number of aromatic nitrogens is 6. The fourth-order valence-corrected chi connectivity index (χ4v) is 13.0. The summed E-state index contributed by atoms with van der Waals surface area (Å²) in [5.41, 5.74) is 21.6. The molecule has 0 aliphatic heterocycles. The van der Waals surface area contributed by atoms with Gasteiger partial charge < -0.3 is 9.13 Å². The molecule has 6 nitrogen and oxygen atoms in total. The Morgan fingerprint density at radius 3 is 1.31 bits per heavy atom. The molecule has 0 bridgehead atoms. The van der Waals surface area contributed by atoms with Gasteiger partial charge in [0.15, 0.2) is 17.5 Å². The number of fused-ring (bicyclic) bond motifs is 14. The van der Waals surface area contributed by atoms with Gasteiger partial charge in [-0.05, 0) is 93.0 Å². The molecule has 0 saturated heterocycles. The predicted octanol–water partition coefficient (Wildman–Crippen LogP) is 16.7. The van der Waals surface area contributed by atoms with Gasteiger partial charge in [0.2, 0.25) is 0 Å². The van der Waals surface area contributed by atoms with E-state index in [9.17, 15) is 0 Å². The maximum Gasteiger partial charge on any atom is 0.164 e. The molecule has 4 aromatic heterocycles. The number of hydrogen-bond donors (Lipinski definition) is 0. The molecule has 0 unspecified atom stereocenters. The van der Waals surface area contributed by atoms with E-state index in [4.69, 9.17) is 19.9 Å². The summed E-state index contributed by atoms with van der Waals surface area (Å²) in [6.07, 6.45) is 3.99. The molecule has 6 heteroatoms. The minimum atomic E-state index is -0.220. The van der Waals surface area contributed by atoms with Crippen molar-refractivity contribution < 1.29 is 0 Å². The van der Waals surface area contributed by atoms with Crippen molar-refractivity contribution in [1.29, 1.82) is 0 Å². The van der Waals surface area contributed by atoms with Gasteiger partial charge in [0.05, 0.1) is 33.4 Å². The molecule has 74 heavy (non-hydrogen) atoms. The first kappa shape index (κ1) is 42.4. The molecular formula is C68H48N6. The fraction of sp³-hybridized carbons (Fsp3) is 0.0882. The molecule has 9 aromatic carbocycles. The molecule has 0 N–H and O–H groups in total. The molecule has 0 fully saturated rings. The van der Waals surface area contributed by atoms with Crippen molar-refractivity contribution in [3.63, 3.8) is 0 Å². The van der Waals surface area contributed by atoms with E-state index in [1.165, 1.54) is 66.1 Å². The Morgan fingerprint density at radius 1 is 0.338 bits per heavy atom. The van der Waals surface area contributed by atoms with Crippen molar-refractivity contribution in [2.45, 2.75) is 38.5 Å². The lowest BCUT2D eigenvalue weighted by atomic mass is 9.80. The number of hydrogen-bond acceptors (Lipinski definition) is 4. The second-order valence-corrected chi connectivity index (χ2v) is 21.0. The van der Waals surface area contributed by atoms with Crippen molar-refractivity contribution >= 4 is 43.6 Å². The average Bonchev–Trinajstić information content (AvgIpc) is 4.17. The lowest BCUT2D eigenvalue weighted by Crippen LogP contribution is -2.15. The van der Waals surface area contributed by atoms with Crippen molar-refractivity contribution in [3.8, 4) is 78.9 Å². The second-order valence-electron chi connectivity index (χ2n) is 21.0. The Balaban J connectivity index is 1.03. The summed E-state index contributed by atoms with van der Waals surface area (Å²) in [7, 11) is 0. The lowest BCUT2D eigenvalue weighted by molar-refractivity contribution is 0.666. The molecule has 0 saturated carbocycles. The van der Waals surface area contributed by atoms with Crippen molar-refractivity contribution in [3.05, 3.63) is 241 Å². The Kier molecular flexibility index (Phi) is 8.95. The zero-order valence-corrected chi connectivity index (χ0v) is 41.5. The molecule has 0 amide bonds. The van der Waals surface area contributed by atoms with Crippen molar-refractivity contribution in [1.82, 2.24) is 29.1 Å². The number of rotatable bonds is 6. The maximum atomic E-state index is 5.27. The SMILES string of the molecule is CC1(C)c2ccccc2-c2ccc3c(c21)c1ccccc1n3-c1ccncc1-c1cc(-c2nc(-c3ccccc3)nc(-c3ccccc3)n2)ccc1-n1c2ccccc2c2c3c(ccc21)-c1ccccc1C3(C)C. The molecule has 4 heterocycles. The molecule has 2 aliphatic carbocycles. The number of pyridine rings is 1. The molecule has 0 atom stereocenters. The Hall–Kier alpha value is -9.26. The molecule has 0 spiro atoms. The van der Waals surface area contributed by atoms with Crippen LogP contribution in [0.5, 0.6) is 0 Å².